The molecule has 2 amide bonds. The van der Waals surface area contributed by atoms with E-state index in [1.165, 1.54) is 0 Å². The number of carbonyl (C=O) groups is 2. The van der Waals surface area contributed by atoms with Crippen molar-refractivity contribution in [3.8, 4) is 11.5 Å². The maximum atomic E-state index is 12.1. The molecule has 11 heteroatoms. The van der Waals surface area contributed by atoms with Crippen LogP contribution in [0.25, 0.3) is 11.5 Å². The Morgan fingerprint density at radius 2 is 2.12 bits per heavy atom. The minimum absolute atomic E-state index is 0. The Kier molecular flexibility index (Phi) is 7.72. The lowest BCUT2D eigenvalue weighted by molar-refractivity contribution is -0.121. The number of rotatable bonds is 9. The second kappa shape index (κ2) is 10.7. The van der Waals surface area contributed by atoms with Gasteiger partial charge in [-0.3, -0.25) is 9.59 Å². The molecule has 2 aliphatic rings. The van der Waals surface area contributed by atoms with Crippen LogP contribution in [0.1, 0.15) is 18.7 Å². The van der Waals surface area contributed by atoms with Crippen LogP contribution in [0.15, 0.2) is 68.8 Å². The fourth-order valence-corrected chi connectivity index (χ4v) is 3.33. The summed E-state index contributed by atoms with van der Waals surface area (Å²) in [6, 6.07) is 3.81. The van der Waals surface area contributed by atoms with Crippen LogP contribution < -0.4 is 10.6 Å². The van der Waals surface area contributed by atoms with Crippen LogP contribution in [-0.2, 0) is 23.1 Å². The number of fused-ring (bicyclic) bond motifs is 1. The molecular formula is C21H24ClN7O3. The molecule has 1 atom stereocenters. The van der Waals surface area contributed by atoms with E-state index in [9.17, 15) is 9.59 Å². The highest BCUT2D eigenvalue weighted by atomic mass is 35.5. The molecule has 3 heterocycles. The Morgan fingerprint density at radius 1 is 1.25 bits per heavy atom. The van der Waals surface area contributed by atoms with Gasteiger partial charge in [0.1, 0.15) is 0 Å². The van der Waals surface area contributed by atoms with Gasteiger partial charge in [0, 0.05) is 44.7 Å². The summed E-state index contributed by atoms with van der Waals surface area (Å²) in [5.41, 5.74) is 1.68. The normalized spacial score (nSPS) is 16.7. The molecule has 0 radical (unpaired) electrons. The number of aryl methyl sites for hydroxylation is 2. The third-order valence-electron chi connectivity index (χ3n) is 4.99. The van der Waals surface area contributed by atoms with Crippen LogP contribution >= 0.6 is 12.4 Å². The fourth-order valence-electron chi connectivity index (χ4n) is 3.33. The number of halogens is 1. The van der Waals surface area contributed by atoms with Gasteiger partial charge in [-0.2, -0.15) is 4.98 Å². The van der Waals surface area contributed by atoms with Crippen LogP contribution in [0.4, 0.5) is 0 Å². The van der Waals surface area contributed by atoms with E-state index >= 15 is 0 Å². The lowest BCUT2D eigenvalue weighted by Crippen LogP contribution is -2.28. The quantitative estimate of drug-likeness (QED) is 0.557. The van der Waals surface area contributed by atoms with Crippen molar-refractivity contribution in [2.75, 3.05) is 13.1 Å². The molecule has 10 nitrogen and oxygen atoms in total. The van der Waals surface area contributed by atoms with E-state index in [2.05, 4.69) is 31.0 Å². The molecule has 0 spiro atoms. The van der Waals surface area contributed by atoms with Gasteiger partial charge in [0.15, 0.2) is 5.82 Å². The Balaban J connectivity index is 0.00000289. The van der Waals surface area contributed by atoms with Gasteiger partial charge < -0.3 is 19.7 Å². The number of hydrogen-bond acceptors (Lipinski definition) is 7. The van der Waals surface area contributed by atoms with Crippen molar-refractivity contribution in [1.82, 2.24) is 25.3 Å². The average molecular weight is 458 g/mol. The molecule has 0 bridgehead atoms. The number of azo groups is 1. The predicted molar refractivity (Wildman–Crippen MR) is 119 cm³/mol. The van der Waals surface area contributed by atoms with Gasteiger partial charge in [-0.25, -0.2) is 0 Å². The first-order valence-electron chi connectivity index (χ1n) is 10.1. The molecule has 0 aromatic carbocycles. The maximum absolute atomic E-state index is 12.1. The summed E-state index contributed by atoms with van der Waals surface area (Å²) in [4.78, 5) is 28.2. The third-order valence-corrected chi connectivity index (χ3v) is 4.99. The molecule has 1 aliphatic carbocycles. The average Bonchev–Trinajstić information content (AvgIpc) is 3.42. The first-order chi connectivity index (χ1) is 15.1. The summed E-state index contributed by atoms with van der Waals surface area (Å²) < 4.78 is 7.13. The molecule has 2 aromatic rings. The van der Waals surface area contributed by atoms with E-state index in [0.717, 1.165) is 11.3 Å². The van der Waals surface area contributed by atoms with Gasteiger partial charge in [0.2, 0.25) is 17.6 Å². The predicted octanol–water partition coefficient (Wildman–Crippen LogP) is 2.47. The van der Waals surface area contributed by atoms with E-state index in [-0.39, 0.29) is 36.6 Å². The van der Waals surface area contributed by atoms with E-state index in [1.807, 2.05) is 54.2 Å². The topological polar surface area (TPSA) is 127 Å². The molecular weight excluding hydrogens is 434 g/mol. The zero-order valence-electron chi connectivity index (χ0n) is 17.5. The number of amides is 2. The van der Waals surface area contributed by atoms with E-state index in [1.54, 1.807) is 0 Å². The van der Waals surface area contributed by atoms with Crippen LogP contribution in [0, 0.1) is 5.92 Å². The van der Waals surface area contributed by atoms with Crippen molar-refractivity contribution >= 4 is 24.2 Å². The highest BCUT2D eigenvalue weighted by Crippen LogP contribution is 2.27. The largest absolute Gasteiger partial charge is 0.368 e. The first kappa shape index (κ1) is 23.1. The van der Waals surface area contributed by atoms with Crippen molar-refractivity contribution in [3.63, 3.8) is 0 Å². The summed E-state index contributed by atoms with van der Waals surface area (Å²) in [6.45, 7) is 1.11. The molecule has 4 rings (SSSR count). The van der Waals surface area contributed by atoms with Gasteiger partial charge >= 0.3 is 0 Å². The van der Waals surface area contributed by atoms with Gasteiger partial charge in [-0.1, -0.05) is 29.5 Å². The number of nitrogens with zero attached hydrogens (tertiary/aromatic N) is 5. The second-order valence-corrected chi connectivity index (χ2v) is 7.21. The SMILES string of the molecule is Cl.Cn1cccc1-c1noc(CCC(=O)NCCCNC2=C3C=CC=CC3C(=O)N=N2)n1. The Bertz CT molecular complexity index is 1100. The summed E-state index contributed by atoms with van der Waals surface area (Å²) in [6.07, 6.45) is 10.6. The third kappa shape index (κ3) is 5.38. The number of nitrogens with one attached hydrogen (secondary N) is 2. The minimum Gasteiger partial charge on any atom is -0.368 e. The molecule has 2 aromatic heterocycles. The van der Waals surface area contributed by atoms with E-state index in [0.29, 0.717) is 43.5 Å². The maximum Gasteiger partial charge on any atom is 0.276 e. The van der Waals surface area contributed by atoms with Crippen LogP contribution in [0.5, 0.6) is 0 Å². The van der Waals surface area contributed by atoms with Gasteiger partial charge in [-0.05, 0) is 18.6 Å². The zero-order chi connectivity index (χ0) is 21.6. The van der Waals surface area contributed by atoms with E-state index in [4.69, 9.17) is 4.52 Å². The van der Waals surface area contributed by atoms with Gasteiger partial charge in [0.05, 0.1) is 11.6 Å². The minimum atomic E-state index is -0.364. The molecule has 0 saturated heterocycles. The summed E-state index contributed by atoms with van der Waals surface area (Å²) in [5.74, 6) is 0.840. The van der Waals surface area contributed by atoms with Gasteiger partial charge in [0.25, 0.3) is 5.91 Å². The molecule has 0 saturated carbocycles. The van der Waals surface area contributed by atoms with Crippen LogP contribution in [0.3, 0.4) is 0 Å². The monoisotopic (exact) mass is 457 g/mol. The van der Waals surface area contributed by atoms with Gasteiger partial charge in [-0.15, -0.1) is 22.6 Å². The molecule has 168 valence electrons. The lowest BCUT2D eigenvalue weighted by atomic mass is 9.93. The van der Waals surface area contributed by atoms with E-state index < -0.39 is 0 Å². The van der Waals surface area contributed by atoms with Crippen molar-refractivity contribution < 1.29 is 14.1 Å². The lowest BCUT2D eigenvalue weighted by Gasteiger charge is -2.20. The molecule has 1 aliphatic heterocycles. The fraction of sp³-hybridized carbons (Fsp3) is 0.333. The Hall–Kier alpha value is -3.53. The number of aromatic nitrogens is 3. The zero-order valence-corrected chi connectivity index (χ0v) is 18.3. The highest BCUT2D eigenvalue weighted by molar-refractivity contribution is 5.86. The summed E-state index contributed by atoms with van der Waals surface area (Å²) >= 11 is 0. The van der Waals surface area contributed by atoms with Crippen LogP contribution in [0.2, 0.25) is 0 Å². The first-order valence-corrected chi connectivity index (χ1v) is 10.1. The number of hydrogen-bond donors (Lipinski definition) is 2. The van der Waals surface area contributed by atoms with Crippen molar-refractivity contribution in [1.29, 1.82) is 0 Å². The van der Waals surface area contributed by atoms with Crippen molar-refractivity contribution in [2.24, 2.45) is 23.2 Å². The number of carbonyl (C=O) groups excluding carboxylic acids is 2. The molecule has 0 fully saturated rings. The van der Waals surface area contributed by atoms with Crippen molar-refractivity contribution in [3.05, 3.63) is 59.9 Å². The van der Waals surface area contributed by atoms with Crippen LogP contribution in [-0.4, -0.2) is 39.6 Å². The number of allylic oxidation sites excluding steroid dienone is 3. The summed E-state index contributed by atoms with van der Waals surface area (Å²) in [5, 5.41) is 17.7. The van der Waals surface area contributed by atoms with Crippen molar-refractivity contribution in [2.45, 2.75) is 19.3 Å². The highest BCUT2D eigenvalue weighted by Gasteiger charge is 2.26. The Morgan fingerprint density at radius 3 is 2.94 bits per heavy atom. The smallest absolute Gasteiger partial charge is 0.276 e. The molecule has 1 unspecified atom stereocenters. The molecule has 32 heavy (non-hydrogen) atoms. The Labute approximate surface area is 191 Å². The standard InChI is InChI=1S/C21H23N7O3.ClH/c1-28-13-4-8-16(28)20-24-18(31-27-20)10-9-17(29)22-11-5-12-23-19-14-6-2-3-7-15(14)21(30)26-25-19;/h2-4,6-8,13,15,23H,5,9-12H2,1H3,(H,22,29);1H. The summed E-state index contributed by atoms with van der Waals surface area (Å²) in [7, 11) is 1.91. The molecule has 2 N–H and O–H groups in total. The second-order valence-electron chi connectivity index (χ2n) is 7.21.